The monoisotopic (exact) mass is 297 g/mol. The van der Waals surface area contributed by atoms with Gasteiger partial charge in [0.2, 0.25) is 10.0 Å². The van der Waals surface area contributed by atoms with Crippen molar-refractivity contribution >= 4 is 21.8 Å². The van der Waals surface area contributed by atoms with Crippen molar-refractivity contribution in [3.63, 3.8) is 0 Å². The number of fused-ring (bicyclic) bond motifs is 1. The number of rotatable bonds is 2. The first-order valence-corrected chi connectivity index (χ1v) is 7.55. The number of ether oxygens (including phenoxy) is 1. The van der Waals surface area contributed by atoms with Crippen LogP contribution in [0.2, 0.25) is 0 Å². The van der Waals surface area contributed by atoms with E-state index in [1.165, 1.54) is 26.2 Å². The molecular formula is C13H15NO5S. The van der Waals surface area contributed by atoms with Gasteiger partial charge in [0.15, 0.2) is 5.78 Å². The van der Waals surface area contributed by atoms with Gasteiger partial charge in [0, 0.05) is 18.5 Å². The lowest BCUT2D eigenvalue weighted by molar-refractivity contribution is -0.144. The maximum atomic E-state index is 12.6. The Balaban J connectivity index is 2.55. The molecule has 0 fully saturated rings. The number of benzene rings is 1. The smallest absolute Gasteiger partial charge is 0.323 e. The molecular weight excluding hydrogens is 282 g/mol. The first-order chi connectivity index (χ1) is 9.39. The fourth-order valence-electron chi connectivity index (χ4n) is 2.20. The SMILES string of the molecule is COC(=O)[C@H](C)N1CCC(=O)c2ccccc2S1(=O)=O. The Labute approximate surface area is 117 Å². The van der Waals surface area contributed by atoms with Crippen LogP contribution in [0.4, 0.5) is 0 Å². The van der Waals surface area contributed by atoms with E-state index in [1.54, 1.807) is 12.1 Å². The second kappa shape index (κ2) is 5.34. The molecule has 20 heavy (non-hydrogen) atoms. The molecule has 0 radical (unpaired) electrons. The van der Waals surface area contributed by atoms with Gasteiger partial charge in [-0.15, -0.1) is 0 Å². The molecule has 6 nitrogen and oxygen atoms in total. The van der Waals surface area contributed by atoms with Crippen molar-refractivity contribution in [3.8, 4) is 0 Å². The van der Waals surface area contributed by atoms with Crippen LogP contribution in [-0.4, -0.2) is 44.2 Å². The minimum atomic E-state index is -3.89. The Kier molecular flexibility index (Phi) is 3.92. The first-order valence-electron chi connectivity index (χ1n) is 6.11. The summed E-state index contributed by atoms with van der Waals surface area (Å²) in [7, 11) is -2.70. The molecule has 1 aliphatic heterocycles. The number of sulfonamides is 1. The standard InChI is InChI=1S/C13H15NO5S/c1-9(13(16)19-2)14-8-7-11(15)10-5-3-4-6-12(10)20(14,17)18/h3-6,9H,7-8H2,1-2H3/t9-/m0/s1. The number of ketones is 1. The van der Waals surface area contributed by atoms with E-state index in [4.69, 9.17) is 0 Å². The van der Waals surface area contributed by atoms with Gasteiger partial charge in [-0.05, 0) is 13.0 Å². The minimum Gasteiger partial charge on any atom is -0.468 e. The van der Waals surface area contributed by atoms with E-state index >= 15 is 0 Å². The molecule has 0 aromatic heterocycles. The second-order valence-electron chi connectivity index (χ2n) is 4.48. The molecule has 7 heteroatoms. The maximum absolute atomic E-state index is 12.6. The van der Waals surface area contributed by atoms with Crippen LogP contribution in [0.3, 0.4) is 0 Å². The predicted molar refractivity (Wildman–Crippen MR) is 70.8 cm³/mol. The molecule has 2 rings (SSSR count). The largest absolute Gasteiger partial charge is 0.468 e. The van der Waals surface area contributed by atoms with Gasteiger partial charge in [-0.1, -0.05) is 18.2 Å². The number of carbonyl (C=O) groups is 2. The Morgan fingerprint density at radius 3 is 2.65 bits per heavy atom. The van der Waals surface area contributed by atoms with Crippen LogP contribution in [0.1, 0.15) is 23.7 Å². The van der Waals surface area contributed by atoms with Crippen LogP contribution in [0.25, 0.3) is 0 Å². The van der Waals surface area contributed by atoms with Crippen LogP contribution in [-0.2, 0) is 19.6 Å². The van der Waals surface area contributed by atoms with Gasteiger partial charge in [0.25, 0.3) is 0 Å². The van der Waals surface area contributed by atoms with E-state index in [0.29, 0.717) is 0 Å². The van der Waals surface area contributed by atoms with Gasteiger partial charge in [-0.3, -0.25) is 9.59 Å². The topological polar surface area (TPSA) is 80.8 Å². The Bertz CT molecular complexity index is 652. The zero-order valence-electron chi connectivity index (χ0n) is 11.2. The van der Waals surface area contributed by atoms with Gasteiger partial charge in [0.1, 0.15) is 6.04 Å². The molecule has 1 aromatic rings. The molecule has 0 saturated carbocycles. The number of hydrogen-bond donors (Lipinski definition) is 0. The summed E-state index contributed by atoms with van der Waals surface area (Å²) in [6, 6.07) is 5.07. The third-order valence-corrected chi connectivity index (χ3v) is 5.34. The van der Waals surface area contributed by atoms with Crippen molar-refractivity contribution in [2.24, 2.45) is 0 Å². The van der Waals surface area contributed by atoms with E-state index in [1.807, 2.05) is 0 Å². The number of methoxy groups -OCH3 is 1. The Morgan fingerprint density at radius 2 is 2.00 bits per heavy atom. The van der Waals surface area contributed by atoms with Crippen molar-refractivity contribution in [1.29, 1.82) is 0 Å². The number of Topliss-reactive ketones (excluding diaryl/α,β-unsaturated/α-hetero) is 1. The van der Waals surface area contributed by atoms with Crippen molar-refractivity contribution in [1.82, 2.24) is 4.31 Å². The van der Waals surface area contributed by atoms with Gasteiger partial charge in [-0.25, -0.2) is 8.42 Å². The molecule has 0 unspecified atom stereocenters. The summed E-state index contributed by atoms with van der Waals surface area (Å²) in [6.07, 6.45) is 0.0393. The third kappa shape index (κ3) is 2.34. The van der Waals surface area contributed by atoms with Crippen molar-refractivity contribution < 1.29 is 22.7 Å². The normalized spacial score (nSPS) is 19.8. The molecule has 0 bridgehead atoms. The molecule has 1 aliphatic rings. The highest BCUT2D eigenvalue weighted by Crippen LogP contribution is 2.27. The highest BCUT2D eigenvalue weighted by atomic mass is 32.2. The maximum Gasteiger partial charge on any atom is 0.323 e. The van der Waals surface area contributed by atoms with E-state index in [-0.39, 0.29) is 29.2 Å². The zero-order chi connectivity index (χ0) is 14.9. The zero-order valence-corrected chi connectivity index (χ0v) is 12.0. The highest BCUT2D eigenvalue weighted by molar-refractivity contribution is 7.89. The lowest BCUT2D eigenvalue weighted by atomic mass is 10.1. The third-order valence-electron chi connectivity index (χ3n) is 3.31. The summed E-state index contributed by atoms with van der Waals surface area (Å²) in [5.74, 6) is -0.899. The van der Waals surface area contributed by atoms with Crippen LogP contribution >= 0.6 is 0 Å². The fraction of sp³-hybridized carbons (Fsp3) is 0.385. The van der Waals surface area contributed by atoms with E-state index in [0.717, 1.165) is 4.31 Å². The Hall–Kier alpha value is -1.73. The summed E-state index contributed by atoms with van der Waals surface area (Å²) in [5, 5.41) is 0. The summed E-state index contributed by atoms with van der Waals surface area (Å²) in [4.78, 5) is 23.5. The van der Waals surface area contributed by atoms with Gasteiger partial charge >= 0.3 is 5.97 Å². The summed E-state index contributed by atoms with van der Waals surface area (Å²) >= 11 is 0. The Morgan fingerprint density at radius 1 is 1.35 bits per heavy atom. The fourth-order valence-corrected chi connectivity index (χ4v) is 4.00. The summed E-state index contributed by atoms with van der Waals surface area (Å²) < 4.78 is 30.8. The average molecular weight is 297 g/mol. The average Bonchev–Trinajstić information content (AvgIpc) is 2.54. The van der Waals surface area contributed by atoms with Gasteiger partial charge in [-0.2, -0.15) is 4.31 Å². The minimum absolute atomic E-state index is 0.0356. The second-order valence-corrected chi connectivity index (χ2v) is 6.34. The summed E-state index contributed by atoms with van der Waals surface area (Å²) in [6.45, 7) is 1.41. The molecule has 0 amide bonds. The molecule has 1 aromatic carbocycles. The molecule has 1 atom stereocenters. The lowest BCUT2D eigenvalue weighted by Gasteiger charge is -2.24. The molecule has 0 N–H and O–H groups in total. The number of nitrogens with zero attached hydrogens (tertiary/aromatic N) is 1. The quantitative estimate of drug-likeness (QED) is 0.755. The van der Waals surface area contributed by atoms with Crippen LogP contribution in [0.15, 0.2) is 29.2 Å². The number of hydrogen-bond acceptors (Lipinski definition) is 5. The lowest BCUT2D eigenvalue weighted by Crippen LogP contribution is -2.43. The molecule has 0 saturated heterocycles. The molecule has 0 aliphatic carbocycles. The number of carbonyl (C=O) groups excluding carboxylic acids is 2. The molecule has 108 valence electrons. The number of esters is 1. The summed E-state index contributed by atoms with van der Waals surface area (Å²) in [5.41, 5.74) is 0.173. The molecule has 0 spiro atoms. The first kappa shape index (κ1) is 14.7. The van der Waals surface area contributed by atoms with Gasteiger partial charge in [0.05, 0.1) is 12.0 Å². The van der Waals surface area contributed by atoms with E-state index < -0.39 is 22.0 Å². The van der Waals surface area contributed by atoms with E-state index in [9.17, 15) is 18.0 Å². The van der Waals surface area contributed by atoms with Crippen molar-refractivity contribution in [2.45, 2.75) is 24.3 Å². The molecule has 1 heterocycles. The van der Waals surface area contributed by atoms with Gasteiger partial charge < -0.3 is 4.74 Å². The van der Waals surface area contributed by atoms with Crippen LogP contribution < -0.4 is 0 Å². The predicted octanol–water partition coefficient (Wildman–Crippen LogP) is 0.825. The van der Waals surface area contributed by atoms with E-state index in [2.05, 4.69) is 4.74 Å². The van der Waals surface area contributed by atoms with Crippen molar-refractivity contribution in [2.75, 3.05) is 13.7 Å². The van der Waals surface area contributed by atoms with Crippen molar-refractivity contribution in [3.05, 3.63) is 29.8 Å². The van der Waals surface area contributed by atoms with Crippen LogP contribution in [0, 0.1) is 0 Å². The highest BCUT2D eigenvalue weighted by Gasteiger charge is 2.38. The van der Waals surface area contributed by atoms with Crippen LogP contribution in [0.5, 0.6) is 0 Å².